The molecule has 1 amide bonds. The number of ether oxygens (including phenoxy) is 1. The summed E-state index contributed by atoms with van der Waals surface area (Å²) in [5.74, 6) is -0.479. The minimum Gasteiger partial charge on any atom is -0.494 e. The van der Waals surface area contributed by atoms with Crippen molar-refractivity contribution in [2.75, 3.05) is 26.2 Å². The average Bonchev–Trinajstić information content (AvgIpc) is 2.92. The van der Waals surface area contributed by atoms with Crippen molar-refractivity contribution >= 4 is 15.7 Å². The molecule has 0 saturated carbocycles. The molecular formula is C29H33FN2O4S. The van der Waals surface area contributed by atoms with E-state index in [0.29, 0.717) is 25.4 Å². The van der Waals surface area contributed by atoms with Gasteiger partial charge in [-0.3, -0.25) is 4.79 Å². The molecule has 1 saturated heterocycles. The number of halogens is 1. The SMILES string of the molecule is CCN1CCC(C(N)=O)(S(=O)(=O)c2ccc(OCCCc3cccc(-c4ccc(F)cc4)c3)cc2)CC1. The van der Waals surface area contributed by atoms with E-state index in [1.54, 1.807) is 24.3 Å². The minimum absolute atomic E-state index is 0.0845. The summed E-state index contributed by atoms with van der Waals surface area (Å²) in [5, 5.41) is 0. The Morgan fingerprint density at radius 2 is 1.68 bits per heavy atom. The van der Waals surface area contributed by atoms with Gasteiger partial charge in [-0.25, -0.2) is 12.8 Å². The summed E-state index contributed by atoms with van der Waals surface area (Å²) in [6, 6.07) is 20.8. The zero-order valence-electron chi connectivity index (χ0n) is 21.0. The Bertz CT molecular complexity index is 1320. The van der Waals surface area contributed by atoms with Gasteiger partial charge in [0, 0.05) is 13.1 Å². The van der Waals surface area contributed by atoms with Gasteiger partial charge in [-0.05, 0) is 85.3 Å². The molecule has 196 valence electrons. The first-order chi connectivity index (χ1) is 17.7. The smallest absolute Gasteiger partial charge is 0.239 e. The number of nitrogens with two attached hydrogens (primary N) is 1. The Balaban J connectivity index is 1.34. The van der Waals surface area contributed by atoms with Crippen LogP contribution in [-0.4, -0.2) is 50.2 Å². The number of rotatable bonds is 10. The molecule has 0 spiro atoms. The number of piperidine rings is 1. The van der Waals surface area contributed by atoms with Crippen LogP contribution >= 0.6 is 0 Å². The largest absolute Gasteiger partial charge is 0.494 e. The molecule has 1 fully saturated rings. The molecule has 0 aromatic heterocycles. The van der Waals surface area contributed by atoms with Crippen LogP contribution in [0.2, 0.25) is 0 Å². The Morgan fingerprint density at radius 1 is 1.00 bits per heavy atom. The Morgan fingerprint density at radius 3 is 2.30 bits per heavy atom. The van der Waals surface area contributed by atoms with Crippen LogP contribution in [0.15, 0.2) is 77.7 Å². The van der Waals surface area contributed by atoms with Crippen molar-refractivity contribution in [2.45, 2.75) is 42.2 Å². The molecule has 3 aromatic rings. The van der Waals surface area contributed by atoms with Gasteiger partial charge in [-0.15, -0.1) is 0 Å². The number of primary amides is 1. The summed E-state index contributed by atoms with van der Waals surface area (Å²) in [6.45, 7) is 4.32. The van der Waals surface area contributed by atoms with E-state index in [9.17, 15) is 17.6 Å². The summed E-state index contributed by atoms with van der Waals surface area (Å²) >= 11 is 0. The highest BCUT2D eigenvalue weighted by molar-refractivity contribution is 7.93. The van der Waals surface area contributed by atoms with Crippen molar-refractivity contribution in [1.29, 1.82) is 0 Å². The second kappa shape index (κ2) is 11.4. The van der Waals surface area contributed by atoms with E-state index < -0.39 is 20.5 Å². The maximum absolute atomic E-state index is 13.4. The van der Waals surface area contributed by atoms with Gasteiger partial charge in [0.25, 0.3) is 0 Å². The standard InChI is InChI=1S/C29H33FN2O4S/c1-2-32-18-16-29(17-19-32,28(31)33)37(34,35)27-14-12-26(13-15-27)36-20-4-6-22-5-3-7-24(21-22)23-8-10-25(30)11-9-23/h3,5,7-15,21H,2,4,6,16-20H2,1H3,(H2,31,33). The molecule has 1 heterocycles. The topological polar surface area (TPSA) is 89.7 Å². The third-order valence-corrected chi connectivity index (χ3v) is 9.72. The first-order valence-electron chi connectivity index (χ1n) is 12.6. The van der Waals surface area contributed by atoms with Crippen molar-refractivity contribution in [3.05, 3.63) is 84.2 Å². The number of benzene rings is 3. The highest BCUT2D eigenvalue weighted by atomic mass is 32.2. The van der Waals surface area contributed by atoms with Crippen LogP contribution < -0.4 is 10.5 Å². The number of carbonyl (C=O) groups is 1. The summed E-state index contributed by atoms with van der Waals surface area (Å²) < 4.78 is 44.3. The van der Waals surface area contributed by atoms with E-state index >= 15 is 0 Å². The molecule has 1 aliphatic rings. The van der Waals surface area contributed by atoms with Gasteiger partial charge in [-0.2, -0.15) is 0 Å². The van der Waals surface area contributed by atoms with Crippen LogP contribution in [0, 0.1) is 5.82 Å². The van der Waals surface area contributed by atoms with Crippen molar-refractivity contribution in [1.82, 2.24) is 4.90 Å². The molecule has 3 aromatic carbocycles. The Kier molecular flexibility index (Phi) is 8.29. The Labute approximate surface area is 218 Å². The maximum atomic E-state index is 13.4. The summed E-state index contributed by atoms with van der Waals surface area (Å²) in [7, 11) is -3.94. The van der Waals surface area contributed by atoms with Crippen LogP contribution in [0.4, 0.5) is 4.39 Å². The van der Waals surface area contributed by atoms with Crippen LogP contribution in [0.5, 0.6) is 5.75 Å². The molecule has 0 unspecified atom stereocenters. The fourth-order valence-electron chi connectivity index (χ4n) is 4.83. The normalized spacial score (nSPS) is 15.8. The summed E-state index contributed by atoms with van der Waals surface area (Å²) in [6.07, 6.45) is 1.96. The highest BCUT2D eigenvalue weighted by Gasteiger charge is 2.51. The number of hydrogen-bond acceptors (Lipinski definition) is 5. The second-order valence-corrected chi connectivity index (χ2v) is 11.7. The third kappa shape index (κ3) is 5.86. The minimum atomic E-state index is -3.94. The number of sulfone groups is 1. The first-order valence-corrected chi connectivity index (χ1v) is 14.1. The molecule has 0 radical (unpaired) electrons. The molecule has 4 rings (SSSR count). The van der Waals surface area contributed by atoms with E-state index in [1.807, 2.05) is 25.1 Å². The fraction of sp³-hybridized carbons (Fsp3) is 0.345. The molecule has 1 aliphatic heterocycles. The van der Waals surface area contributed by atoms with E-state index in [0.717, 1.165) is 36.1 Å². The number of carbonyl (C=O) groups excluding carboxylic acids is 1. The second-order valence-electron chi connectivity index (χ2n) is 9.43. The number of likely N-dealkylation sites (tertiary alicyclic amines) is 1. The molecule has 0 aliphatic carbocycles. The van der Waals surface area contributed by atoms with Gasteiger partial charge in [0.15, 0.2) is 14.6 Å². The molecule has 2 N–H and O–H groups in total. The lowest BCUT2D eigenvalue weighted by molar-refractivity contribution is -0.121. The predicted molar refractivity (Wildman–Crippen MR) is 143 cm³/mol. The van der Waals surface area contributed by atoms with Crippen molar-refractivity contribution in [3.63, 3.8) is 0 Å². The average molecular weight is 525 g/mol. The van der Waals surface area contributed by atoms with E-state index in [1.165, 1.54) is 24.3 Å². The van der Waals surface area contributed by atoms with E-state index in [-0.39, 0.29) is 23.6 Å². The van der Waals surface area contributed by atoms with Gasteiger partial charge in [0.1, 0.15) is 11.6 Å². The van der Waals surface area contributed by atoms with Gasteiger partial charge in [0.2, 0.25) is 5.91 Å². The zero-order chi connectivity index (χ0) is 26.5. The summed E-state index contributed by atoms with van der Waals surface area (Å²) in [5.41, 5.74) is 8.79. The molecule has 0 atom stereocenters. The van der Waals surface area contributed by atoms with Crippen LogP contribution in [0.1, 0.15) is 31.7 Å². The van der Waals surface area contributed by atoms with Crippen LogP contribution in [-0.2, 0) is 21.1 Å². The monoisotopic (exact) mass is 524 g/mol. The fourth-order valence-corrected chi connectivity index (χ4v) is 6.76. The van der Waals surface area contributed by atoms with Crippen molar-refractivity contribution in [3.8, 4) is 16.9 Å². The molecule has 37 heavy (non-hydrogen) atoms. The Hall–Kier alpha value is -3.23. The lowest BCUT2D eigenvalue weighted by atomic mass is 9.95. The zero-order valence-corrected chi connectivity index (χ0v) is 21.8. The predicted octanol–water partition coefficient (Wildman–Crippen LogP) is 4.62. The van der Waals surface area contributed by atoms with Crippen LogP contribution in [0.25, 0.3) is 11.1 Å². The van der Waals surface area contributed by atoms with Gasteiger partial charge in [-0.1, -0.05) is 43.3 Å². The van der Waals surface area contributed by atoms with Gasteiger partial charge >= 0.3 is 0 Å². The van der Waals surface area contributed by atoms with E-state index in [4.69, 9.17) is 10.5 Å². The van der Waals surface area contributed by atoms with Crippen molar-refractivity contribution in [2.24, 2.45) is 5.73 Å². The quantitative estimate of drug-likeness (QED) is 0.391. The lowest BCUT2D eigenvalue weighted by Crippen LogP contribution is -2.56. The number of aryl methyl sites for hydroxylation is 1. The van der Waals surface area contributed by atoms with Gasteiger partial charge < -0.3 is 15.4 Å². The van der Waals surface area contributed by atoms with Crippen molar-refractivity contribution < 1.29 is 22.3 Å². The maximum Gasteiger partial charge on any atom is 0.239 e. The molecular weight excluding hydrogens is 491 g/mol. The van der Waals surface area contributed by atoms with Crippen LogP contribution in [0.3, 0.4) is 0 Å². The number of nitrogens with zero attached hydrogens (tertiary/aromatic N) is 1. The lowest BCUT2D eigenvalue weighted by Gasteiger charge is -2.38. The van der Waals surface area contributed by atoms with E-state index in [2.05, 4.69) is 11.0 Å². The molecule has 8 heteroatoms. The summed E-state index contributed by atoms with van der Waals surface area (Å²) in [4.78, 5) is 14.6. The number of hydrogen-bond donors (Lipinski definition) is 1. The first kappa shape index (κ1) is 26.8. The van der Waals surface area contributed by atoms with Gasteiger partial charge in [0.05, 0.1) is 11.5 Å². The molecule has 6 nitrogen and oxygen atoms in total. The highest BCUT2D eigenvalue weighted by Crippen LogP contribution is 2.36. The molecule has 0 bridgehead atoms. The number of amides is 1. The third-order valence-electron chi connectivity index (χ3n) is 7.19.